The van der Waals surface area contributed by atoms with Crippen molar-refractivity contribution in [3.05, 3.63) is 17.0 Å². The van der Waals surface area contributed by atoms with E-state index in [4.69, 9.17) is 9.26 Å². The third-order valence-corrected chi connectivity index (χ3v) is 5.64. The lowest BCUT2D eigenvalue weighted by Crippen LogP contribution is -2.49. The highest BCUT2D eigenvalue weighted by atomic mass is 16.5. The van der Waals surface area contributed by atoms with Crippen molar-refractivity contribution >= 4 is 11.8 Å². The molecule has 1 atom stereocenters. The molecule has 3 rings (SSSR count). The van der Waals surface area contributed by atoms with E-state index in [1.807, 2.05) is 9.80 Å². The van der Waals surface area contributed by atoms with E-state index in [9.17, 15) is 9.59 Å². The fourth-order valence-electron chi connectivity index (χ4n) is 4.01. The third-order valence-electron chi connectivity index (χ3n) is 5.64. The van der Waals surface area contributed by atoms with Crippen molar-refractivity contribution in [2.24, 2.45) is 5.92 Å². The summed E-state index contributed by atoms with van der Waals surface area (Å²) in [4.78, 5) is 28.6. The number of nitrogens with zero attached hydrogens (tertiary/aromatic N) is 3. The molecular weight excluding hydrogens is 334 g/mol. The maximum Gasteiger partial charge on any atom is 0.276 e. The van der Waals surface area contributed by atoms with Crippen molar-refractivity contribution in [1.29, 1.82) is 0 Å². The highest BCUT2D eigenvalue weighted by molar-refractivity contribution is 5.94. The minimum atomic E-state index is -0.0672. The Kier molecular flexibility index (Phi) is 5.96. The number of amides is 2. The summed E-state index contributed by atoms with van der Waals surface area (Å²) in [6, 6.07) is 0.0987. The van der Waals surface area contributed by atoms with Gasteiger partial charge in [-0.3, -0.25) is 9.59 Å². The van der Waals surface area contributed by atoms with Crippen LogP contribution in [-0.4, -0.2) is 66.2 Å². The van der Waals surface area contributed by atoms with Crippen LogP contribution in [0.5, 0.6) is 0 Å². The molecule has 1 fully saturated rings. The van der Waals surface area contributed by atoms with E-state index in [0.717, 1.165) is 43.4 Å². The quantitative estimate of drug-likeness (QED) is 0.799. The molecule has 0 spiro atoms. The van der Waals surface area contributed by atoms with E-state index in [-0.39, 0.29) is 17.9 Å². The second-order valence-corrected chi connectivity index (χ2v) is 7.51. The highest BCUT2D eigenvalue weighted by Crippen LogP contribution is 2.29. The van der Waals surface area contributed by atoms with Crippen LogP contribution >= 0.6 is 0 Å². The van der Waals surface area contributed by atoms with Crippen LogP contribution in [0.1, 0.15) is 54.9 Å². The van der Waals surface area contributed by atoms with Crippen LogP contribution in [-0.2, 0) is 22.4 Å². The van der Waals surface area contributed by atoms with E-state index in [0.29, 0.717) is 37.9 Å². The lowest BCUT2D eigenvalue weighted by atomic mass is 9.88. The maximum absolute atomic E-state index is 13.3. The molecule has 2 heterocycles. The zero-order chi connectivity index (χ0) is 18.7. The van der Waals surface area contributed by atoms with Crippen molar-refractivity contribution in [3.8, 4) is 0 Å². The lowest BCUT2D eigenvalue weighted by molar-refractivity contribution is -0.130. The van der Waals surface area contributed by atoms with Gasteiger partial charge in [0.15, 0.2) is 5.69 Å². The number of methoxy groups -OCH3 is 1. The zero-order valence-electron chi connectivity index (χ0n) is 16.0. The van der Waals surface area contributed by atoms with E-state index in [1.165, 1.54) is 0 Å². The summed E-state index contributed by atoms with van der Waals surface area (Å²) >= 11 is 0. The van der Waals surface area contributed by atoms with Crippen LogP contribution < -0.4 is 0 Å². The van der Waals surface area contributed by atoms with Gasteiger partial charge in [0, 0.05) is 51.7 Å². The van der Waals surface area contributed by atoms with Crippen LogP contribution in [0.2, 0.25) is 0 Å². The monoisotopic (exact) mass is 363 g/mol. The molecule has 2 amide bonds. The van der Waals surface area contributed by atoms with Gasteiger partial charge in [-0.05, 0) is 31.6 Å². The largest absolute Gasteiger partial charge is 0.383 e. The number of piperidine rings is 1. The number of hydrogen-bond acceptors (Lipinski definition) is 5. The highest BCUT2D eigenvalue weighted by Gasteiger charge is 2.34. The Hall–Kier alpha value is -1.89. The average Bonchev–Trinajstić information content (AvgIpc) is 3.05. The fraction of sp³-hybridized carbons (Fsp3) is 0.737. The number of ether oxygens (including phenoxy) is 1. The Balaban J connectivity index is 1.77. The van der Waals surface area contributed by atoms with Crippen molar-refractivity contribution in [2.75, 3.05) is 33.4 Å². The molecule has 7 heteroatoms. The zero-order valence-corrected chi connectivity index (χ0v) is 16.0. The van der Waals surface area contributed by atoms with Gasteiger partial charge in [-0.25, -0.2) is 0 Å². The van der Waals surface area contributed by atoms with Gasteiger partial charge in [0.25, 0.3) is 5.91 Å². The van der Waals surface area contributed by atoms with E-state index < -0.39 is 0 Å². The molecule has 1 aromatic rings. The van der Waals surface area contributed by atoms with Crippen LogP contribution in [0, 0.1) is 5.92 Å². The Labute approximate surface area is 154 Å². The third kappa shape index (κ3) is 3.92. The van der Waals surface area contributed by atoms with E-state index >= 15 is 0 Å². The molecular formula is C19H29N3O4. The molecule has 0 aromatic carbocycles. The minimum absolute atomic E-state index is 0.0672. The second-order valence-electron chi connectivity index (χ2n) is 7.51. The normalized spacial score (nSPS) is 20.7. The van der Waals surface area contributed by atoms with Gasteiger partial charge in [-0.1, -0.05) is 12.1 Å². The summed E-state index contributed by atoms with van der Waals surface area (Å²) in [6.45, 7) is 6.17. The molecule has 144 valence electrons. The number of carbonyl (C=O) groups is 2. The first kappa shape index (κ1) is 18.9. The molecule has 1 aliphatic heterocycles. The van der Waals surface area contributed by atoms with Gasteiger partial charge in [0.05, 0.1) is 6.61 Å². The Morgan fingerprint density at radius 1 is 1.31 bits per heavy atom. The van der Waals surface area contributed by atoms with E-state index in [1.54, 1.807) is 14.0 Å². The molecule has 7 nitrogen and oxygen atoms in total. The van der Waals surface area contributed by atoms with Gasteiger partial charge in [0.2, 0.25) is 5.91 Å². The van der Waals surface area contributed by atoms with E-state index in [2.05, 4.69) is 12.1 Å². The maximum atomic E-state index is 13.3. The predicted molar refractivity (Wildman–Crippen MR) is 95.9 cm³/mol. The average molecular weight is 363 g/mol. The van der Waals surface area contributed by atoms with Gasteiger partial charge < -0.3 is 19.1 Å². The molecule has 2 aliphatic rings. The second kappa shape index (κ2) is 8.20. The first-order chi connectivity index (χ1) is 12.5. The summed E-state index contributed by atoms with van der Waals surface area (Å²) in [5.74, 6) is 1.43. The number of hydrogen-bond donors (Lipinski definition) is 0. The molecule has 0 radical (unpaired) electrons. The first-order valence-corrected chi connectivity index (χ1v) is 9.54. The smallest absolute Gasteiger partial charge is 0.276 e. The van der Waals surface area contributed by atoms with Crippen molar-refractivity contribution in [3.63, 3.8) is 0 Å². The van der Waals surface area contributed by atoms with Crippen molar-refractivity contribution in [2.45, 2.75) is 52.0 Å². The predicted octanol–water partition coefficient (Wildman–Crippen LogP) is 1.90. The number of carbonyl (C=O) groups excluding carboxylic acids is 2. The van der Waals surface area contributed by atoms with Gasteiger partial charge in [-0.2, -0.15) is 0 Å². The van der Waals surface area contributed by atoms with Gasteiger partial charge in [-0.15, -0.1) is 0 Å². The Morgan fingerprint density at radius 2 is 2.04 bits per heavy atom. The Bertz CT molecular complexity index is 649. The summed E-state index contributed by atoms with van der Waals surface area (Å²) < 4.78 is 10.7. The molecule has 26 heavy (non-hydrogen) atoms. The summed E-state index contributed by atoms with van der Waals surface area (Å²) in [7, 11) is 1.64. The molecule has 1 aliphatic carbocycles. The number of fused-ring (bicyclic) bond motifs is 1. The topological polar surface area (TPSA) is 75.9 Å². The summed E-state index contributed by atoms with van der Waals surface area (Å²) in [6.07, 6.45) is 4.34. The Morgan fingerprint density at radius 3 is 2.69 bits per heavy atom. The molecule has 0 unspecified atom stereocenters. The molecule has 0 N–H and O–H groups in total. The van der Waals surface area contributed by atoms with Crippen LogP contribution in [0.4, 0.5) is 0 Å². The SMILES string of the molecule is COCCN(C(=O)c1noc2c1C[C@H](C)CC2)C1CCN(C(C)=O)CC1. The molecule has 1 saturated heterocycles. The van der Waals surface area contributed by atoms with Crippen molar-refractivity contribution < 1.29 is 18.8 Å². The lowest BCUT2D eigenvalue weighted by Gasteiger charge is -2.38. The summed E-state index contributed by atoms with van der Waals surface area (Å²) in [5.41, 5.74) is 1.45. The number of rotatable bonds is 5. The van der Waals surface area contributed by atoms with Gasteiger partial charge in [0.1, 0.15) is 5.76 Å². The molecule has 1 aromatic heterocycles. The fourth-order valence-corrected chi connectivity index (χ4v) is 4.01. The molecule has 0 bridgehead atoms. The number of aryl methyl sites for hydroxylation is 1. The van der Waals surface area contributed by atoms with Gasteiger partial charge >= 0.3 is 0 Å². The van der Waals surface area contributed by atoms with Crippen molar-refractivity contribution in [1.82, 2.24) is 15.0 Å². The van der Waals surface area contributed by atoms with Crippen LogP contribution in [0.25, 0.3) is 0 Å². The minimum Gasteiger partial charge on any atom is -0.383 e. The standard InChI is InChI=1S/C19H29N3O4/c1-13-4-5-17-16(12-13)18(20-26-17)19(24)22(10-11-25-3)15-6-8-21(9-7-15)14(2)23/h13,15H,4-12H2,1-3H3/t13-/m1/s1. The van der Waals surface area contributed by atoms with Crippen LogP contribution in [0.15, 0.2) is 4.52 Å². The molecule has 0 saturated carbocycles. The number of aromatic nitrogens is 1. The van der Waals surface area contributed by atoms with Crippen LogP contribution in [0.3, 0.4) is 0 Å². The summed E-state index contributed by atoms with van der Waals surface area (Å²) in [5, 5.41) is 4.13. The number of likely N-dealkylation sites (tertiary alicyclic amines) is 1. The first-order valence-electron chi connectivity index (χ1n) is 9.54.